The van der Waals surface area contributed by atoms with Crippen LogP contribution in [0.2, 0.25) is 0 Å². The van der Waals surface area contributed by atoms with E-state index in [4.69, 9.17) is 9.52 Å². The topological polar surface area (TPSA) is 60.1 Å². The Balaban J connectivity index is 2.05. The second kappa shape index (κ2) is 8.46. The van der Waals surface area contributed by atoms with Crippen molar-refractivity contribution in [3.8, 4) is 5.69 Å². The fourth-order valence-electron chi connectivity index (χ4n) is 3.41. The van der Waals surface area contributed by atoms with Gasteiger partial charge in [-0.05, 0) is 55.0 Å². The zero-order chi connectivity index (χ0) is 20.3. The van der Waals surface area contributed by atoms with Gasteiger partial charge < -0.3 is 9.73 Å². The maximum atomic E-state index is 13.2. The molecule has 5 heteroatoms. The summed E-state index contributed by atoms with van der Waals surface area (Å²) >= 11 is 0. The van der Waals surface area contributed by atoms with Crippen molar-refractivity contribution in [3.63, 3.8) is 0 Å². The van der Waals surface area contributed by atoms with Gasteiger partial charge in [-0.1, -0.05) is 39.8 Å². The number of hydrogen-bond donors (Lipinski definition) is 1. The first-order valence-electron chi connectivity index (χ1n) is 9.86. The molecular formula is C23H29N3O2. The van der Waals surface area contributed by atoms with E-state index in [0.717, 1.165) is 34.8 Å². The molecule has 3 aromatic rings. The first-order valence-corrected chi connectivity index (χ1v) is 9.86. The lowest BCUT2D eigenvalue weighted by molar-refractivity contribution is 0.0945. The lowest BCUT2D eigenvalue weighted by Gasteiger charge is -2.13. The van der Waals surface area contributed by atoms with Crippen molar-refractivity contribution in [2.75, 3.05) is 0 Å². The second-order valence-electron chi connectivity index (χ2n) is 7.97. The Morgan fingerprint density at radius 3 is 2.57 bits per heavy atom. The predicted octanol–water partition coefficient (Wildman–Crippen LogP) is 5.03. The molecule has 0 aliphatic heterocycles. The van der Waals surface area contributed by atoms with Crippen molar-refractivity contribution >= 4 is 5.91 Å². The van der Waals surface area contributed by atoms with E-state index < -0.39 is 0 Å². The smallest absolute Gasteiger partial charge is 0.255 e. The van der Waals surface area contributed by atoms with Gasteiger partial charge in [0.05, 0.1) is 35.4 Å². The van der Waals surface area contributed by atoms with Crippen LogP contribution >= 0.6 is 0 Å². The van der Waals surface area contributed by atoms with Gasteiger partial charge >= 0.3 is 0 Å². The molecule has 0 aliphatic rings. The Morgan fingerprint density at radius 2 is 1.96 bits per heavy atom. The highest BCUT2D eigenvalue weighted by Crippen LogP contribution is 2.28. The Bertz CT molecular complexity index is 937. The molecule has 1 N–H and O–H groups in total. The van der Waals surface area contributed by atoms with E-state index >= 15 is 0 Å². The minimum absolute atomic E-state index is 0.102. The van der Waals surface area contributed by atoms with Crippen LogP contribution < -0.4 is 5.32 Å². The first kappa shape index (κ1) is 19.9. The van der Waals surface area contributed by atoms with E-state index in [2.05, 4.69) is 52.1 Å². The van der Waals surface area contributed by atoms with Crippen molar-refractivity contribution in [1.82, 2.24) is 15.1 Å². The van der Waals surface area contributed by atoms with Crippen LogP contribution in [0.4, 0.5) is 0 Å². The van der Waals surface area contributed by atoms with Gasteiger partial charge in [-0.15, -0.1) is 0 Å². The second-order valence-corrected chi connectivity index (χ2v) is 7.97. The molecule has 0 radical (unpaired) electrons. The quantitative estimate of drug-likeness (QED) is 0.627. The number of carbonyl (C=O) groups excluding carboxylic acids is 1. The standard InChI is InChI=1S/C23H29N3O2/c1-15(2)12-20-21(23(27)24-14-19-10-7-11-28-19)22(16(3)4)26(25-20)18-9-6-8-17(5)13-18/h6-11,13,15-16H,12,14H2,1-5H3,(H,24,27). The molecule has 0 saturated heterocycles. The zero-order valence-electron chi connectivity index (χ0n) is 17.3. The molecule has 0 unspecified atom stereocenters. The van der Waals surface area contributed by atoms with Gasteiger partial charge in [-0.3, -0.25) is 4.79 Å². The molecule has 148 valence electrons. The number of aryl methyl sites for hydroxylation is 1. The Kier molecular flexibility index (Phi) is 6.02. The van der Waals surface area contributed by atoms with Gasteiger partial charge in [0.25, 0.3) is 5.91 Å². The van der Waals surface area contributed by atoms with Crippen molar-refractivity contribution in [3.05, 3.63) is 70.9 Å². The molecule has 1 aromatic carbocycles. The number of benzene rings is 1. The molecule has 2 heterocycles. The average molecular weight is 380 g/mol. The maximum absolute atomic E-state index is 13.2. The normalized spacial score (nSPS) is 11.4. The first-order chi connectivity index (χ1) is 13.4. The Labute approximate surface area is 166 Å². The molecule has 0 spiro atoms. The van der Waals surface area contributed by atoms with E-state index in [1.165, 1.54) is 0 Å². The largest absolute Gasteiger partial charge is 0.467 e. The van der Waals surface area contributed by atoms with Gasteiger partial charge in [-0.25, -0.2) is 4.68 Å². The molecule has 0 saturated carbocycles. The maximum Gasteiger partial charge on any atom is 0.255 e. The van der Waals surface area contributed by atoms with Crippen molar-refractivity contribution in [2.45, 2.75) is 53.5 Å². The van der Waals surface area contributed by atoms with Crippen LogP contribution in [0.5, 0.6) is 0 Å². The number of amides is 1. The molecule has 28 heavy (non-hydrogen) atoms. The molecule has 2 aromatic heterocycles. The fraction of sp³-hybridized carbons (Fsp3) is 0.391. The molecule has 0 bridgehead atoms. The van der Waals surface area contributed by atoms with Crippen molar-refractivity contribution in [2.24, 2.45) is 5.92 Å². The van der Waals surface area contributed by atoms with E-state index in [-0.39, 0.29) is 11.8 Å². The van der Waals surface area contributed by atoms with Crippen LogP contribution in [0.15, 0.2) is 47.1 Å². The van der Waals surface area contributed by atoms with Gasteiger partial charge in [0.2, 0.25) is 0 Å². The number of nitrogens with one attached hydrogen (secondary N) is 1. The molecule has 0 atom stereocenters. The van der Waals surface area contributed by atoms with E-state index in [1.54, 1.807) is 6.26 Å². The number of furan rings is 1. The summed E-state index contributed by atoms with van der Waals surface area (Å²) in [6.45, 7) is 10.9. The van der Waals surface area contributed by atoms with E-state index in [0.29, 0.717) is 18.0 Å². The summed E-state index contributed by atoms with van der Waals surface area (Å²) in [4.78, 5) is 13.2. The number of carbonyl (C=O) groups is 1. The highest BCUT2D eigenvalue weighted by atomic mass is 16.3. The van der Waals surface area contributed by atoms with Gasteiger partial charge in [0.1, 0.15) is 5.76 Å². The molecule has 5 nitrogen and oxygen atoms in total. The third-order valence-electron chi connectivity index (χ3n) is 4.62. The molecule has 1 amide bonds. The predicted molar refractivity (Wildman–Crippen MR) is 111 cm³/mol. The Hall–Kier alpha value is -2.82. The van der Waals surface area contributed by atoms with Crippen molar-refractivity contribution < 1.29 is 9.21 Å². The minimum atomic E-state index is -0.102. The summed E-state index contributed by atoms with van der Waals surface area (Å²) in [5.74, 6) is 1.18. The van der Waals surface area contributed by atoms with Crippen LogP contribution in [0, 0.1) is 12.8 Å². The van der Waals surface area contributed by atoms with Crippen molar-refractivity contribution in [1.29, 1.82) is 0 Å². The fourth-order valence-corrected chi connectivity index (χ4v) is 3.41. The van der Waals surface area contributed by atoms with Crippen LogP contribution in [0.25, 0.3) is 5.69 Å². The molecule has 0 fully saturated rings. The monoisotopic (exact) mass is 379 g/mol. The van der Waals surface area contributed by atoms with Gasteiger partial charge in [0, 0.05) is 0 Å². The molecule has 3 rings (SSSR count). The highest BCUT2D eigenvalue weighted by Gasteiger charge is 2.26. The van der Waals surface area contributed by atoms with E-state index in [1.807, 2.05) is 28.9 Å². The zero-order valence-corrected chi connectivity index (χ0v) is 17.3. The van der Waals surface area contributed by atoms with Crippen LogP contribution in [-0.2, 0) is 13.0 Å². The van der Waals surface area contributed by atoms with Gasteiger partial charge in [0.15, 0.2) is 0 Å². The van der Waals surface area contributed by atoms with Crippen LogP contribution in [0.3, 0.4) is 0 Å². The third-order valence-corrected chi connectivity index (χ3v) is 4.62. The highest BCUT2D eigenvalue weighted by molar-refractivity contribution is 5.96. The minimum Gasteiger partial charge on any atom is -0.467 e. The summed E-state index contributed by atoms with van der Waals surface area (Å²) < 4.78 is 7.29. The lowest BCUT2D eigenvalue weighted by atomic mass is 9.98. The number of nitrogens with zero attached hydrogens (tertiary/aromatic N) is 2. The number of rotatable bonds is 7. The average Bonchev–Trinajstić information content (AvgIpc) is 3.27. The summed E-state index contributed by atoms with van der Waals surface area (Å²) in [6, 6.07) is 11.9. The molecule has 0 aliphatic carbocycles. The SMILES string of the molecule is Cc1cccc(-n2nc(CC(C)C)c(C(=O)NCc3ccco3)c2C(C)C)c1. The summed E-state index contributed by atoms with van der Waals surface area (Å²) in [7, 11) is 0. The number of hydrogen-bond acceptors (Lipinski definition) is 3. The lowest BCUT2D eigenvalue weighted by Crippen LogP contribution is -2.25. The van der Waals surface area contributed by atoms with Gasteiger partial charge in [-0.2, -0.15) is 5.10 Å². The Morgan fingerprint density at radius 1 is 1.18 bits per heavy atom. The van der Waals surface area contributed by atoms with Crippen LogP contribution in [0.1, 0.15) is 66.7 Å². The molecular weight excluding hydrogens is 350 g/mol. The third kappa shape index (κ3) is 4.35. The summed E-state index contributed by atoms with van der Waals surface area (Å²) in [5, 5.41) is 7.88. The van der Waals surface area contributed by atoms with E-state index in [9.17, 15) is 4.79 Å². The number of aromatic nitrogens is 2. The summed E-state index contributed by atoms with van der Waals surface area (Å²) in [5.41, 5.74) is 4.63. The summed E-state index contributed by atoms with van der Waals surface area (Å²) in [6.07, 6.45) is 2.36. The van der Waals surface area contributed by atoms with Crippen LogP contribution in [-0.4, -0.2) is 15.7 Å².